The Labute approximate surface area is 111 Å². The summed E-state index contributed by atoms with van der Waals surface area (Å²) in [5.41, 5.74) is 13.7. The maximum Gasteiger partial charge on any atom is 0.165 e. The summed E-state index contributed by atoms with van der Waals surface area (Å²) in [6.07, 6.45) is 6.40. The van der Waals surface area contributed by atoms with E-state index in [0.717, 1.165) is 18.0 Å². The normalized spacial score (nSPS) is 33.4. The van der Waals surface area contributed by atoms with Gasteiger partial charge >= 0.3 is 0 Å². The maximum atomic E-state index is 6.63. The van der Waals surface area contributed by atoms with Crippen LogP contribution >= 0.6 is 0 Å². The van der Waals surface area contributed by atoms with E-state index >= 15 is 0 Å². The second-order valence-electron chi connectivity index (χ2n) is 6.08. The molecular formula is C13H18N6. The minimum atomic E-state index is -0.393. The minimum Gasteiger partial charge on any atom is -0.382 e. The Morgan fingerprint density at radius 2 is 2.21 bits per heavy atom. The van der Waals surface area contributed by atoms with Gasteiger partial charge in [-0.15, -0.1) is 0 Å². The summed E-state index contributed by atoms with van der Waals surface area (Å²) in [6.45, 7) is 0. The van der Waals surface area contributed by atoms with Gasteiger partial charge in [-0.05, 0) is 31.1 Å². The van der Waals surface area contributed by atoms with Crippen LogP contribution in [0.5, 0.6) is 0 Å². The number of nitrogen functional groups attached to an aromatic ring is 1. The minimum absolute atomic E-state index is 0.393. The van der Waals surface area contributed by atoms with E-state index in [2.05, 4.69) is 15.0 Å². The van der Waals surface area contributed by atoms with Gasteiger partial charge in [0.25, 0.3) is 0 Å². The first-order chi connectivity index (χ1) is 9.08. The van der Waals surface area contributed by atoms with E-state index in [4.69, 9.17) is 11.5 Å². The molecule has 0 amide bonds. The largest absolute Gasteiger partial charge is 0.382 e. The zero-order chi connectivity index (χ0) is 13.2. The number of hydrogen-bond donors (Lipinski definition) is 2. The number of hydrogen-bond acceptors (Lipinski definition) is 5. The molecule has 3 unspecified atom stereocenters. The molecule has 4 rings (SSSR count). The molecule has 6 nitrogen and oxygen atoms in total. The van der Waals surface area contributed by atoms with Crippen LogP contribution in [-0.4, -0.2) is 19.5 Å². The lowest BCUT2D eigenvalue weighted by atomic mass is 9.81. The van der Waals surface area contributed by atoms with Crippen LogP contribution in [-0.2, 0) is 12.6 Å². The van der Waals surface area contributed by atoms with Crippen molar-refractivity contribution >= 4 is 17.0 Å². The monoisotopic (exact) mass is 258 g/mol. The summed E-state index contributed by atoms with van der Waals surface area (Å²) in [5.74, 6) is 2.38. The molecular weight excluding hydrogens is 240 g/mol. The third-order valence-corrected chi connectivity index (χ3v) is 4.90. The fourth-order valence-corrected chi connectivity index (χ4v) is 3.88. The number of fused-ring (bicyclic) bond motifs is 3. The van der Waals surface area contributed by atoms with E-state index in [1.54, 1.807) is 6.33 Å². The topological polar surface area (TPSA) is 95.6 Å². The lowest BCUT2D eigenvalue weighted by Gasteiger charge is -2.32. The summed E-state index contributed by atoms with van der Waals surface area (Å²) >= 11 is 0. The van der Waals surface area contributed by atoms with Gasteiger partial charge in [-0.1, -0.05) is 6.42 Å². The Morgan fingerprint density at radius 3 is 2.89 bits per heavy atom. The highest BCUT2D eigenvalue weighted by atomic mass is 15.1. The molecule has 0 aromatic carbocycles. The first kappa shape index (κ1) is 11.2. The van der Waals surface area contributed by atoms with Crippen LogP contribution in [0.4, 0.5) is 5.82 Å². The Bertz CT molecular complexity index is 662. The van der Waals surface area contributed by atoms with Crippen LogP contribution in [0.2, 0.25) is 0 Å². The summed E-state index contributed by atoms with van der Waals surface area (Å²) in [6, 6.07) is 0. The van der Waals surface area contributed by atoms with Crippen molar-refractivity contribution in [2.75, 3.05) is 5.73 Å². The van der Waals surface area contributed by atoms with Gasteiger partial charge in [0.15, 0.2) is 17.3 Å². The SMILES string of the molecule is Cn1cnc2c(N)nc(C3(N)CC4CCC3C4)nc21. The van der Waals surface area contributed by atoms with Crippen molar-refractivity contribution in [3.8, 4) is 0 Å². The van der Waals surface area contributed by atoms with Gasteiger partial charge in [-0.3, -0.25) is 0 Å². The molecule has 2 bridgehead atoms. The van der Waals surface area contributed by atoms with Gasteiger partial charge < -0.3 is 16.0 Å². The number of nitrogens with zero attached hydrogens (tertiary/aromatic N) is 4. The second kappa shape index (κ2) is 3.45. The Morgan fingerprint density at radius 1 is 1.37 bits per heavy atom. The van der Waals surface area contributed by atoms with Crippen molar-refractivity contribution in [3.05, 3.63) is 12.2 Å². The average molecular weight is 258 g/mol. The van der Waals surface area contributed by atoms with Crippen LogP contribution in [0.15, 0.2) is 6.33 Å². The Hall–Kier alpha value is -1.69. The van der Waals surface area contributed by atoms with Crippen LogP contribution in [0, 0.1) is 11.8 Å². The molecule has 4 N–H and O–H groups in total. The fourth-order valence-electron chi connectivity index (χ4n) is 3.88. The number of aryl methyl sites for hydroxylation is 1. The molecule has 0 aliphatic heterocycles. The van der Waals surface area contributed by atoms with Crippen molar-refractivity contribution < 1.29 is 0 Å². The molecule has 2 aliphatic rings. The van der Waals surface area contributed by atoms with E-state index in [9.17, 15) is 0 Å². The molecule has 100 valence electrons. The third-order valence-electron chi connectivity index (χ3n) is 4.90. The second-order valence-corrected chi connectivity index (χ2v) is 6.08. The highest BCUT2D eigenvalue weighted by molar-refractivity contribution is 5.81. The van der Waals surface area contributed by atoms with Gasteiger partial charge in [0.2, 0.25) is 0 Å². The van der Waals surface area contributed by atoms with Crippen molar-refractivity contribution in [1.82, 2.24) is 19.5 Å². The number of aromatic nitrogens is 4. The molecule has 0 radical (unpaired) electrons. The molecule has 2 fully saturated rings. The summed E-state index contributed by atoms with van der Waals surface area (Å²) in [7, 11) is 1.91. The quantitative estimate of drug-likeness (QED) is 0.793. The van der Waals surface area contributed by atoms with Crippen LogP contribution in [0.3, 0.4) is 0 Å². The zero-order valence-corrected chi connectivity index (χ0v) is 11.0. The molecule has 2 aromatic rings. The number of imidazole rings is 1. The van der Waals surface area contributed by atoms with Crippen molar-refractivity contribution in [1.29, 1.82) is 0 Å². The van der Waals surface area contributed by atoms with Gasteiger partial charge in [0.05, 0.1) is 11.9 Å². The maximum absolute atomic E-state index is 6.63. The van der Waals surface area contributed by atoms with E-state index < -0.39 is 5.54 Å². The van der Waals surface area contributed by atoms with Crippen LogP contribution < -0.4 is 11.5 Å². The van der Waals surface area contributed by atoms with Crippen LogP contribution in [0.25, 0.3) is 11.2 Å². The zero-order valence-electron chi connectivity index (χ0n) is 11.0. The van der Waals surface area contributed by atoms with Crippen molar-refractivity contribution in [3.63, 3.8) is 0 Å². The predicted octanol–water partition coefficient (Wildman–Crippen LogP) is 0.919. The van der Waals surface area contributed by atoms with Gasteiger partial charge in [-0.25, -0.2) is 15.0 Å². The van der Waals surface area contributed by atoms with E-state index in [0.29, 0.717) is 23.1 Å². The van der Waals surface area contributed by atoms with Crippen LogP contribution in [0.1, 0.15) is 31.5 Å². The van der Waals surface area contributed by atoms with Gasteiger partial charge in [0.1, 0.15) is 5.52 Å². The first-order valence-corrected chi connectivity index (χ1v) is 6.82. The summed E-state index contributed by atoms with van der Waals surface area (Å²) in [5, 5.41) is 0. The van der Waals surface area contributed by atoms with Gasteiger partial charge in [-0.2, -0.15) is 0 Å². The van der Waals surface area contributed by atoms with Crippen molar-refractivity contribution in [2.45, 2.75) is 31.2 Å². The summed E-state index contributed by atoms with van der Waals surface area (Å²) in [4.78, 5) is 13.3. The molecule has 3 atom stereocenters. The van der Waals surface area contributed by atoms with Crippen molar-refractivity contribution in [2.24, 2.45) is 24.6 Å². The molecule has 0 spiro atoms. The first-order valence-electron chi connectivity index (χ1n) is 6.82. The fraction of sp³-hybridized carbons (Fsp3) is 0.615. The smallest absolute Gasteiger partial charge is 0.165 e. The molecule has 2 aliphatic carbocycles. The number of anilines is 1. The molecule has 2 heterocycles. The van der Waals surface area contributed by atoms with E-state index in [1.807, 2.05) is 11.6 Å². The molecule has 6 heteroatoms. The molecule has 2 saturated carbocycles. The molecule has 0 saturated heterocycles. The summed E-state index contributed by atoms with van der Waals surface area (Å²) < 4.78 is 1.87. The molecule has 2 aromatic heterocycles. The highest BCUT2D eigenvalue weighted by Gasteiger charge is 2.51. The molecule has 19 heavy (non-hydrogen) atoms. The Balaban J connectivity index is 1.89. The number of rotatable bonds is 1. The van der Waals surface area contributed by atoms with E-state index in [1.165, 1.54) is 19.3 Å². The van der Waals surface area contributed by atoms with Gasteiger partial charge in [0, 0.05) is 7.05 Å². The average Bonchev–Trinajstić information content (AvgIpc) is 3.05. The Kier molecular flexibility index (Phi) is 2.02. The lowest BCUT2D eigenvalue weighted by Crippen LogP contribution is -2.43. The highest BCUT2D eigenvalue weighted by Crippen LogP contribution is 2.53. The third kappa shape index (κ3) is 1.37. The lowest BCUT2D eigenvalue weighted by molar-refractivity contribution is 0.262. The predicted molar refractivity (Wildman–Crippen MR) is 72.0 cm³/mol. The number of nitrogens with two attached hydrogens (primary N) is 2. The van der Waals surface area contributed by atoms with E-state index in [-0.39, 0.29) is 0 Å². The standard InChI is InChI=1S/C13H18N6/c1-19-6-16-9-10(14)17-12(18-11(9)19)13(15)5-7-2-3-8(13)4-7/h6-8H,2-5,15H2,1H3,(H2,14,17,18).